The first kappa shape index (κ1) is 6.04. The van der Waals surface area contributed by atoms with E-state index in [0.29, 0.717) is 0 Å². The third kappa shape index (κ3) is 0.865. The SMILES string of the molecule is CC1=Cc2nsnc2CC1. The van der Waals surface area contributed by atoms with Crippen LogP contribution in [0.5, 0.6) is 0 Å². The van der Waals surface area contributed by atoms with Gasteiger partial charge in [0.2, 0.25) is 0 Å². The van der Waals surface area contributed by atoms with E-state index in [2.05, 4.69) is 21.7 Å². The standard InChI is InChI=1S/C7H8N2S/c1-5-2-3-6-7(4-5)9-10-8-6/h4H,2-3H2,1H3. The Bertz CT molecular complexity index is 275. The van der Waals surface area contributed by atoms with Gasteiger partial charge in [0.25, 0.3) is 0 Å². The maximum Gasteiger partial charge on any atom is 0.100 e. The van der Waals surface area contributed by atoms with Gasteiger partial charge in [0, 0.05) is 0 Å². The molecule has 0 amide bonds. The van der Waals surface area contributed by atoms with E-state index in [9.17, 15) is 0 Å². The van der Waals surface area contributed by atoms with Crippen LogP contribution in [0.25, 0.3) is 6.08 Å². The maximum atomic E-state index is 4.18. The first-order valence-electron chi connectivity index (χ1n) is 3.35. The van der Waals surface area contributed by atoms with Gasteiger partial charge in [-0.1, -0.05) is 5.57 Å². The molecule has 0 saturated heterocycles. The number of aromatic nitrogens is 2. The zero-order chi connectivity index (χ0) is 6.97. The van der Waals surface area contributed by atoms with Crippen LogP contribution >= 0.6 is 11.7 Å². The van der Waals surface area contributed by atoms with Gasteiger partial charge in [-0.2, -0.15) is 8.75 Å². The van der Waals surface area contributed by atoms with Crippen molar-refractivity contribution >= 4 is 17.8 Å². The Morgan fingerprint density at radius 2 is 2.30 bits per heavy atom. The molecule has 0 N–H and O–H groups in total. The van der Waals surface area contributed by atoms with Crippen LogP contribution in [0.2, 0.25) is 0 Å². The van der Waals surface area contributed by atoms with Crippen molar-refractivity contribution in [2.24, 2.45) is 0 Å². The molecule has 1 aliphatic carbocycles. The third-order valence-corrected chi connectivity index (χ3v) is 2.31. The van der Waals surface area contributed by atoms with Gasteiger partial charge in [0.1, 0.15) is 5.69 Å². The Labute approximate surface area is 63.9 Å². The van der Waals surface area contributed by atoms with Crippen LogP contribution in [0.1, 0.15) is 24.7 Å². The van der Waals surface area contributed by atoms with Crippen molar-refractivity contribution in [2.75, 3.05) is 0 Å². The van der Waals surface area contributed by atoms with E-state index in [1.807, 2.05) is 0 Å². The molecule has 0 unspecified atom stereocenters. The minimum Gasteiger partial charge on any atom is -0.177 e. The normalized spacial score (nSPS) is 16.3. The molecule has 1 heterocycles. The zero-order valence-corrected chi connectivity index (χ0v) is 6.61. The average molecular weight is 152 g/mol. The lowest BCUT2D eigenvalue weighted by Crippen LogP contribution is -1.95. The second-order valence-electron chi connectivity index (χ2n) is 2.59. The number of fused-ring (bicyclic) bond motifs is 1. The van der Waals surface area contributed by atoms with E-state index in [-0.39, 0.29) is 0 Å². The van der Waals surface area contributed by atoms with Crippen LogP contribution in [0.15, 0.2) is 5.57 Å². The molecule has 0 spiro atoms. The highest BCUT2D eigenvalue weighted by atomic mass is 32.1. The molecular formula is C7H8N2S. The summed E-state index contributed by atoms with van der Waals surface area (Å²) in [4.78, 5) is 0. The molecule has 2 nitrogen and oxygen atoms in total. The van der Waals surface area contributed by atoms with E-state index in [1.165, 1.54) is 23.0 Å². The lowest BCUT2D eigenvalue weighted by atomic mass is 10.0. The predicted octanol–water partition coefficient (Wildman–Crippen LogP) is 1.89. The van der Waals surface area contributed by atoms with Gasteiger partial charge < -0.3 is 0 Å². The highest BCUT2D eigenvalue weighted by molar-refractivity contribution is 6.99. The van der Waals surface area contributed by atoms with E-state index >= 15 is 0 Å². The highest BCUT2D eigenvalue weighted by Crippen LogP contribution is 2.20. The number of hydrogen-bond acceptors (Lipinski definition) is 3. The first-order valence-corrected chi connectivity index (χ1v) is 4.08. The molecule has 1 aromatic heterocycles. The summed E-state index contributed by atoms with van der Waals surface area (Å²) in [5.41, 5.74) is 3.68. The molecule has 0 radical (unpaired) electrons. The lowest BCUT2D eigenvalue weighted by Gasteiger charge is -2.05. The summed E-state index contributed by atoms with van der Waals surface area (Å²) in [5.74, 6) is 0. The van der Waals surface area contributed by atoms with Crippen LogP contribution in [0.3, 0.4) is 0 Å². The van der Waals surface area contributed by atoms with Crippen molar-refractivity contribution in [1.82, 2.24) is 8.75 Å². The fourth-order valence-corrected chi connectivity index (χ4v) is 1.69. The smallest absolute Gasteiger partial charge is 0.100 e. The number of hydrogen-bond donors (Lipinski definition) is 0. The fourth-order valence-electron chi connectivity index (χ4n) is 1.12. The second kappa shape index (κ2) is 2.16. The van der Waals surface area contributed by atoms with E-state index in [0.717, 1.165) is 18.5 Å². The molecule has 10 heavy (non-hydrogen) atoms. The molecule has 0 aromatic carbocycles. The Morgan fingerprint density at radius 1 is 1.40 bits per heavy atom. The highest BCUT2D eigenvalue weighted by Gasteiger charge is 2.10. The summed E-state index contributed by atoms with van der Waals surface area (Å²) in [6.07, 6.45) is 4.36. The number of allylic oxidation sites excluding steroid dienone is 1. The fraction of sp³-hybridized carbons (Fsp3) is 0.429. The molecule has 0 aliphatic heterocycles. The van der Waals surface area contributed by atoms with Crippen molar-refractivity contribution in [3.05, 3.63) is 17.0 Å². The van der Waals surface area contributed by atoms with Crippen LogP contribution in [0.4, 0.5) is 0 Å². The first-order chi connectivity index (χ1) is 4.86. The monoisotopic (exact) mass is 152 g/mol. The van der Waals surface area contributed by atoms with Crippen LogP contribution in [0, 0.1) is 0 Å². The molecule has 2 rings (SSSR count). The summed E-state index contributed by atoms with van der Waals surface area (Å²) in [7, 11) is 0. The van der Waals surface area contributed by atoms with Crippen molar-refractivity contribution in [3.63, 3.8) is 0 Å². The second-order valence-corrected chi connectivity index (χ2v) is 3.12. The third-order valence-electron chi connectivity index (χ3n) is 1.73. The minimum atomic E-state index is 1.08. The van der Waals surface area contributed by atoms with E-state index in [4.69, 9.17) is 0 Å². The van der Waals surface area contributed by atoms with Gasteiger partial charge in [-0.05, 0) is 25.8 Å². The molecular weight excluding hydrogens is 144 g/mol. The van der Waals surface area contributed by atoms with Crippen LogP contribution < -0.4 is 0 Å². The molecule has 1 aromatic rings. The summed E-state index contributed by atoms with van der Waals surface area (Å²) >= 11 is 1.31. The maximum absolute atomic E-state index is 4.18. The molecule has 52 valence electrons. The quantitative estimate of drug-likeness (QED) is 0.567. The number of aryl methyl sites for hydroxylation is 1. The summed E-state index contributed by atoms with van der Waals surface area (Å²) < 4.78 is 8.34. The molecule has 0 atom stereocenters. The van der Waals surface area contributed by atoms with E-state index in [1.54, 1.807) is 0 Å². The summed E-state index contributed by atoms with van der Waals surface area (Å²) in [5, 5.41) is 0. The molecule has 3 heteroatoms. The topological polar surface area (TPSA) is 25.8 Å². The van der Waals surface area contributed by atoms with Crippen molar-refractivity contribution in [3.8, 4) is 0 Å². The molecule has 1 aliphatic rings. The van der Waals surface area contributed by atoms with Crippen LogP contribution in [-0.2, 0) is 6.42 Å². The van der Waals surface area contributed by atoms with Crippen molar-refractivity contribution < 1.29 is 0 Å². The summed E-state index contributed by atoms with van der Waals surface area (Å²) in [6, 6.07) is 0. The Balaban J connectivity index is 2.50. The van der Waals surface area contributed by atoms with Gasteiger partial charge in [-0.15, -0.1) is 0 Å². The van der Waals surface area contributed by atoms with Crippen LogP contribution in [-0.4, -0.2) is 8.75 Å². The molecule has 0 fully saturated rings. The Morgan fingerprint density at radius 3 is 3.20 bits per heavy atom. The Hall–Kier alpha value is -0.700. The lowest BCUT2D eigenvalue weighted by molar-refractivity contribution is 0.899. The molecule has 0 bridgehead atoms. The minimum absolute atomic E-state index is 1.08. The van der Waals surface area contributed by atoms with E-state index < -0.39 is 0 Å². The zero-order valence-electron chi connectivity index (χ0n) is 5.79. The number of nitrogens with zero attached hydrogens (tertiary/aromatic N) is 2. The van der Waals surface area contributed by atoms with Gasteiger partial charge in [0.15, 0.2) is 0 Å². The average Bonchev–Trinajstić information content (AvgIpc) is 2.33. The Kier molecular flexibility index (Phi) is 1.31. The molecule has 0 saturated carbocycles. The van der Waals surface area contributed by atoms with Gasteiger partial charge in [-0.25, -0.2) is 0 Å². The van der Waals surface area contributed by atoms with Gasteiger partial charge >= 0.3 is 0 Å². The number of rotatable bonds is 0. The van der Waals surface area contributed by atoms with Gasteiger partial charge in [0.05, 0.1) is 17.4 Å². The van der Waals surface area contributed by atoms with Crippen molar-refractivity contribution in [1.29, 1.82) is 0 Å². The predicted molar refractivity (Wildman–Crippen MR) is 41.9 cm³/mol. The van der Waals surface area contributed by atoms with Crippen molar-refractivity contribution in [2.45, 2.75) is 19.8 Å². The largest absolute Gasteiger partial charge is 0.177 e. The summed E-state index contributed by atoms with van der Waals surface area (Å²) in [6.45, 7) is 2.14. The van der Waals surface area contributed by atoms with Gasteiger partial charge in [-0.3, -0.25) is 0 Å².